The van der Waals surface area contributed by atoms with E-state index in [1.807, 2.05) is 0 Å². The Bertz CT molecular complexity index is 532. The molecule has 2 aromatic carbocycles. The summed E-state index contributed by atoms with van der Waals surface area (Å²) in [5.74, 6) is 1.57. The maximum Gasteiger partial charge on any atom is 0.0407 e. The highest BCUT2D eigenvalue weighted by atomic mass is 35.5. The minimum Gasteiger partial charge on any atom is -0.122 e. The van der Waals surface area contributed by atoms with E-state index in [0.717, 1.165) is 18.3 Å². The highest BCUT2D eigenvalue weighted by Gasteiger charge is 2.38. The second-order valence-electron chi connectivity index (χ2n) is 5.28. The maximum atomic E-state index is 6.46. The largest absolute Gasteiger partial charge is 0.122 e. The molecule has 3 unspecified atom stereocenters. The lowest BCUT2D eigenvalue weighted by molar-refractivity contribution is 0.683. The normalized spacial score (nSPS) is 24.8. The van der Waals surface area contributed by atoms with E-state index in [2.05, 4.69) is 49.4 Å². The molecule has 1 heteroatoms. The Labute approximate surface area is 108 Å². The molecule has 0 aliphatic heterocycles. The summed E-state index contributed by atoms with van der Waals surface area (Å²) in [6, 6.07) is 15.2. The number of hydrogen-bond acceptors (Lipinski definition) is 0. The van der Waals surface area contributed by atoms with Crippen molar-refractivity contribution in [2.75, 3.05) is 0 Å². The topological polar surface area (TPSA) is 0 Å². The number of hydrogen-bond donors (Lipinski definition) is 0. The second-order valence-corrected chi connectivity index (χ2v) is 5.84. The van der Waals surface area contributed by atoms with Gasteiger partial charge in [-0.05, 0) is 41.0 Å². The van der Waals surface area contributed by atoms with Crippen LogP contribution in [0.3, 0.4) is 0 Å². The highest BCUT2D eigenvalue weighted by Crippen LogP contribution is 2.43. The molecular weight excluding hydrogens is 228 g/mol. The lowest BCUT2D eigenvalue weighted by Crippen LogP contribution is -2.06. The Balaban J connectivity index is 1.81. The zero-order chi connectivity index (χ0) is 11.8. The third-order valence-corrected chi connectivity index (χ3v) is 4.36. The number of halogens is 1. The molecule has 2 aromatic rings. The SMILES string of the molecule is CC1CC1C(Cl)Cc1ccc2ccccc2c1. The van der Waals surface area contributed by atoms with E-state index in [4.69, 9.17) is 11.6 Å². The van der Waals surface area contributed by atoms with Gasteiger partial charge in [-0.15, -0.1) is 11.6 Å². The van der Waals surface area contributed by atoms with Gasteiger partial charge in [0.2, 0.25) is 0 Å². The van der Waals surface area contributed by atoms with Crippen LogP contribution in [0.4, 0.5) is 0 Å². The molecule has 0 N–H and O–H groups in total. The molecule has 1 aliphatic carbocycles. The van der Waals surface area contributed by atoms with Crippen molar-refractivity contribution < 1.29 is 0 Å². The molecule has 0 bridgehead atoms. The second kappa shape index (κ2) is 4.34. The van der Waals surface area contributed by atoms with E-state index in [0.29, 0.717) is 5.38 Å². The van der Waals surface area contributed by atoms with E-state index < -0.39 is 0 Å². The van der Waals surface area contributed by atoms with Gasteiger partial charge in [-0.2, -0.15) is 0 Å². The van der Waals surface area contributed by atoms with Crippen LogP contribution in [0, 0.1) is 11.8 Å². The average molecular weight is 245 g/mol. The Morgan fingerprint density at radius 2 is 1.88 bits per heavy atom. The first-order chi connectivity index (χ1) is 8.24. The Morgan fingerprint density at radius 1 is 1.18 bits per heavy atom. The number of alkyl halides is 1. The van der Waals surface area contributed by atoms with Gasteiger partial charge in [0.25, 0.3) is 0 Å². The van der Waals surface area contributed by atoms with Crippen LogP contribution in [-0.2, 0) is 6.42 Å². The fourth-order valence-electron chi connectivity index (χ4n) is 2.60. The van der Waals surface area contributed by atoms with Gasteiger partial charge in [0.15, 0.2) is 0 Å². The summed E-state index contributed by atoms with van der Waals surface area (Å²) in [6.45, 7) is 2.29. The molecule has 1 aliphatic rings. The summed E-state index contributed by atoms with van der Waals surface area (Å²) >= 11 is 6.46. The molecule has 1 fully saturated rings. The summed E-state index contributed by atoms with van der Waals surface area (Å²) in [6.07, 6.45) is 2.31. The van der Waals surface area contributed by atoms with E-state index in [9.17, 15) is 0 Å². The highest BCUT2D eigenvalue weighted by molar-refractivity contribution is 6.21. The standard InChI is InChI=1S/C16H17Cl/c1-11-8-15(11)16(17)10-12-6-7-13-4-2-3-5-14(13)9-12/h2-7,9,11,15-16H,8,10H2,1H3. The van der Waals surface area contributed by atoms with Crippen molar-refractivity contribution in [2.45, 2.75) is 25.1 Å². The molecule has 0 spiro atoms. The van der Waals surface area contributed by atoms with Gasteiger partial charge in [0.05, 0.1) is 0 Å². The van der Waals surface area contributed by atoms with E-state index in [1.54, 1.807) is 0 Å². The van der Waals surface area contributed by atoms with Crippen molar-refractivity contribution in [2.24, 2.45) is 11.8 Å². The van der Waals surface area contributed by atoms with E-state index in [1.165, 1.54) is 22.8 Å². The van der Waals surface area contributed by atoms with Gasteiger partial charge in [-0.1, -0.05) is 49.4 Å². The molecule has 0 saturated heterocycles. The van der Waals surface area contributed by atoms with Crippen LogP contribution < -0.4 is 0 Å². The molecule has 0 amide bonds. The molecule has 0 radical (unpaired) electrons. The summed E-state index contributed by atoms with van der Waals surface area (Å²) in [4.78, 5) is 0. The van der Waals surface area contributed by atoms with Crippen molar-refractivity contribution in [3.63, 3.8) is 0 Å². The zero-order valence-electron chi connectivity index (χ0n) is 10.1. The van der Waals surface area contributed by atoms with Gasteiger partial charge in [-0.25, -0.2) is 0 Å². The van der Waals surface area contributed by atoms with Crippen LogP contribution in [0.15, 0.2) is 42.5 Å². The van der Waals surface area contributed by atoms with Crippen molar-refractivity contribution in [1.82, 2.24) is 0 Å². The third kappa shape index (κ3) is 2.32. The number of rotatable bonds is 3. The van der Waals surface area contributed by atoms with Crippen molar-refractivity contribution >= 4 is 22.4 Å². The quantitative estimate of drug-likeness (QED) is 0.690. The summed E-state index contributed by atoms with van der Waals surface area (Å²) < 4.78 is 0. The Morgan fingerprint density at radius 3 is 2.59 bits per heavy atom. The smallest absolute Gasteiger partial charge is 0.0407 e. The predicted octanol–water partition coefficient (Wildman–Crippen LogP) is 4.65. The lowest BCUT2D eigenvalue weighted by Gasteiger charge is -2.09. The van der Waals surface area contributed by atoms with E-state index in [-0.39, 0.29) is 0 Å². The number of benzene rings is 2. The average Bonchev–Trinajstić information content (AvgIpc) is 3.06. The fourth-order valence-corrected chi connectivity index (χ4v) is 3.13. The lowest BCUT2D eigenvalue weighted by atomic mass is 10.0. The first-order valence-electron chi connectivity index (χ1n) is 6.36. The molecule has 3 atom stereocenters. The van der Waals surface area contributed by atoms with Crippen LogP contribution in [0.1, 0.15) is 18.9 Å². The summed E-state index contributed by atoms with van der Waals surface area (Å²) in [5.41, 5.74) is 1.36. The predicted molar refractivity (Wildman–Crippen MR) is 74.6 cm³/mol. The molecule has 3 rings (SSSR count). The van der Waals surface area contributed by atoms with Gasteiger partial charge in [-0.3, -0.25) is 0 Å². The molecule has 0 heterocycles. The van der Waals surface area contributed by atoms with Crippen LogP contribution in [0.5, 0.6) is 0 Å². The molecule has 17 heavy (non-hydrogen) atoms. The molecule has 88 valence electrons. The van der Waals surface area contributed by atoms with E-state index >= 15 is 0 Å². The minimum absolute atomic E-state index is 0.311. The minimum atomic E-state index is 0.311. The van der Waals surface area contributed by atoms with Crippen LogP contribution in [0.2, 0.25) is 0 Å². The molecule has 1 saturated carbocycles. The van der Waals surface area contributed by atoms with Gasteiger partial charge >= 0.3 is 0 Å². The fraction of sp³-hybridized carbons (Fsp3) is 0.375. The first kappa shape index (κ1) is 11.1. The van der Waals surface area contributed by atoms with Crippen molar-refractivity contribution in [1.29, 1.82) is 0 Å². The third-order valence-electron chi connectivity index (χ3n) is 3.88. The van der Waals surface area contributed by atoms with Crippen LogP contribution in [0.25, 0.3) is 10.8 Å². The molecule has 0 aromatic heterocycles. The molecule has 0 nitrogen and oxygen atoms in total. The van der Waals surface area contributed by atoms with Crippen molar-refractivity contribution in [3.05, 3.63) is 48.0 Å². The summed E-state index contributed by atoms with van der Waals surface area (Å²) in [7, 11) is 0. The number of fused-ring (bicyclic) bond motifs is 1. The summed E-state index contributed by atoms with van der Waals surface area (Å²) in [5, 5.41) is 2.94. The van der Waals surface area contributed by atoms with Crippen molar-refractivity contribution in [3.8, 4) is 0 Å². The zero-order valence-corrected chi connectivity index (χ0v) is 10.8. The van der Waals surface area contributed by atoms with Gasteiger partial charge in [0, 0.05) is 5.38 Å². The maximum absolute atomic E-state index is 6.46. The Kier molecular flexibility index (Phi) is 2.84. The van der Waals surface area contributed by atoms with Crippen LogP contribution >= 0.6 is 11.6 Å². The monoisotopic (exact) mass is 244 g/mol. The van der Waals surface area contributed by atoms with Crippen LogP contribution in [-0.4, -0.2) is 5.38 Å². The van der Waals surface area contributed by atoms with Gasteiger partial charge < -0.3 is 0 Å². The Hall–Kier alpha value is -1.01. The molecular formula is C16H17Cl. The van der Waals surface area contributed by atoms with Gasteiger partial charge in [0.1, 0.15) is 0 Å². The first-order valence-corrected chi connectivity index (χ1v) is 6.79.